The van der Waals surface area contributed by atoms with Gasteiger partial charge in [-0.1, -0.05) is 0 Å². The van der Waals surface area contributed by atoms with E-state index in [1.165, 1.54) is 62.8 Å². The maximum Gasteiger partial charge on any atom is 0.435 e. The quantitative estimate of drug-likeness (QED) is 0.158. The van der Waals surface area contributed by atoms with Gasteiger partial charge in [0, 0.05) is 11.8 Å². The molecule has 3 heterocycles. The minimum Gasteiger partial charge on any atom is -0.497 e. The van der Waals surface area contributed by atoms with Crippen LogP contribution in [0.15, 0.2) is 59.7 Å². The maximum atomic E-state index is 15.7. The molecule has 13 nitrogen and oxygen atoms in total. The fourth-order valence-electron chi connectivity index (χ4n) is 4.29. The normalized spacial score (nSPS) is 21.5. The molecule has 0 unspecified atom stereocenters. The van der Waals surface area contributed by atoms with E-state index in [0.717, 1.165) is 6.33 Å². The number of aromatic nitrogens is 4. The van der Waals surface area contributed by atoms with E-state index in [1.807, 2.05) is 0 Å². The number of hydrogen-bond acceptors (Lipinski definition) is 12. The summed E-state index contributed by atoms with van der Waals surface area (Å²) in [6, 6.07) is 11.6. The number of fused-ring (bicyclic) bond motifs is 1. The first-order chi connectivity index (χ1) is 20.8. The van der Waals surface area contributed by atoms with Crippen molar-refractivity contribution in [1.82, 2.24) is 19.5 Å². The molecular weight excluding hydrogens is 637 g/mol. The van der Waals surface area contributed by atoms with Crippen LogP contribution in [0.3, 0.4) is 0 Å². The first-order valence-electron chi connectivity index (χ1n) is 12.5. The summed E-state index contributed by atoms with van der Waals surface area (Å²) in [5, 5.41) is 10.6. The number of alkyl halides is 4. The van der Waals surface area contributed by atoms with Crippen molar-refractivity contribution >= 4 is 35.6 Å². The van der Waals surface area contributed by atoms with Crippen molar-refractivity contribution in [3.05, 3.63) is 65.2 Å². The average Bonchev–Trinajstić information content (AvgIpc) is 3.49. The second-order valence-electron chi connectivity index (χ2n) is 9.30. The summed E-state index contributed by atoms with van der Waals surface area (Å²) in [6.07, 6.45) is -8.21. The molecule has 4 N–H and O–H groups in total. The Morgan fingerprint density at radius 2 is 1.59 bits per heavy atom. The zero-order valence-electron chi connectivity index (χ0n) is 22.7. The molecule has 5 rings (SSSR count). The smallest absolute Gasteiger partial charge is 0.435 e. The highest BCUT2D eigenvalue weighted by molar-refractivity contribution is 8.07. The molecule has 0 amide bonds. The molecule has 44 heavy (non-hydrogen) atoms. The number of rotatable bonds is 11. The number of nitrogens with zero attached hydrogens (tertiary/aromatic N) is 3. The van der Waals surface area contributed by atoms with Gasteiger partial charge in [-0.3, -0.25) is 18.9 Å². The summed E-state index contributed by atoms with van der Waals surface area (Å²) in [4.78, 5) is 21.9. The van der Waals surface area contributed by atoms with E-state index in [-0.39, 0.29) is 17.0 Å². The molecule has 2 aromatic heterocycles. The summed E-state index contributed by atoms with van der Waals surface area (Å²) < 4.78 is 93.8. The summed E-state index contributed by atoms with van der Waals surface area (Å²) >= 11 is 5.46. The Hall–Kier alpha value is -3.96. The van der Waals surface area contributed by atoms with E-state index in [9.17, 15) is 18.7 Å². The summed E-state index contributed by atoms with van der Waals surface area (Å²) in [6.45, 7) is -5.82. The van der Waals surface area contributed by atoms with Crippen LogP contribution >= 0.6 is 6.72 Å². The average molecular weight is 662 g/mol. The van der Waals surface area contributed by atoms with Crippen LogP contribution in [0.5, 0.6) is 23.0 Å². The van der Waals surface area contributed by atoms with Crippen LogP contribution in [0.2, 0.25) is 0 Å². The zero-order chi connectivity index (χ0) is 31.9. The molecule has 1 saturated heterocycles. The number of nitrogens with one attached hydrogen (secondary N) is 1. The van der Waals surface area contributed by atoms with Gasteiger partial charge in [-0.05, 0) is 48.5 Å². The number of anilines is 1. The van der Waals surface area contributed by atoms with Crippen molar-refractivity contribution < 1.29 is 50.5 Å². The molecule has 0 aliphatic carbocycles. The van der Waals surface area contributed by atoms with Gasteiger partial charge in [0.25, 0.3) is 12.0 Å². The number of ether oxygens (including phenoxy) is 3. The molecule has 2 aromatic carbocycles. The van der Waals surface area contributed by atoms with Gasteiger partial charge in [0.1, 0.15) is 23.0 Å². The van der Waals surface area contributed by atoms with Gasteiger partial charge in [0.05, 0.1) is 27.2 Å². The number of nitrogens with two attached hydrogens (primary N) is 1. The first kappa shape index (κ1) is 31.5. The summed E-state index contributed by atoms with van der Waals surface area (Å²) in [7, 11) is 2.86. The van der Waals surface area contributed by atoms with E-state index in [1.54, 1.807) is 0 Å². The second-order valence-corrected chi connectivity index (χ2v) is 12.2. The maximum absolute atomic E-state index is 15.7. The fraction of sp³-hybridized carbons (Fsp3) is 0.320. The van der Waals surface area contributed by atoms with E-state index in [0.29, 0.717) is 16.1 Å². The topological polar surface area (TPSA) is 165 Å². The molecule has 4 aromatic rings. The Labute approximate surface area is 250 Å². The van der Waals surface area contributed by atoms with Gasteiger partial charge in [0.2, 0.25) is 11.5 Å². The highest BCUT2D eigenvalue weighted by Gasteiger charge is 2.74. The molecule has 3 atom stereocenters. The van der Waals surface area contributed by atoms with Crippen molar-refractivity contribution in [3.8, 4) is 23.0 Å². The monoisotopic (exact) mass is 661 g/mol. The summed E-state index contributed by atoms with van der Waals surface area (Å²) in [5.74, 6) is -4.09. The van der Waals surface area contributed by atoms with Crippen LogP contribution in [0, 0.1) is 0 Å². The third-order valence-corrected chi connectivity index (χ3v) is 8.68. The Bertz CT molecular complexity index is 1690. The van der Waals surface area contributed by atoms with Crippen molar-refractivity contribution in [2.45, 2.75) is 30.3 Å². The largest absolute Gasteiger partial charge is 0.497 e. The van der Waals surface area contributed by atoms with E-state index < -0.39 is 60.8 Å². The SMILES string of the molecule is COc1ccc(OP(=S)(OC[C@@]2(C(F)F)O[C@@H](n3cnc4c(=O)[nH]c(N)nc43)[C@@H](O)C2(F)F)Oc2ccc(OC)cc2)cc1. The number of imidazole rings is 1. The van der Waals surface area contributed by atoms with Crippen molar-refractivity contribution in [3.63, 3.8) is 0 Å². The lowest BCUT2D eigenvalue weighted by atomic mass is 9.95. The standard InChI is InChI=1S/C25H24F4N5O8PS/c1-37-13-3-7-15(8-4-13)41-43(44,42-16-9-5-14(38-2)6-10-16)39-11-24(22(26)27)25(28,29)18(35)21(40-24)34-12-31-17-19(34)32-23(30)33-20(17)36/h3-10,12,18,21-22,35H,11H2,1-2H3,(H3,30,32,33,36)/t18-,21-,24+/m1/s1. The van der Waals surface area contributed by atoms with Crippen LogP contribution in [0.25, 0.3) is 11.2 Å². The number of benzene rings is 2. The van der Waals surface area contributed by atoms with Gasteiger partial charge in [-0.25, -0.2) is 13.8 Å². The Kier molecular flexibility index (Phi) is 8.48. The molecule has 0 saturated carbocycles. The lowest BCUT2D eigenvalue weighted by Crippen LogP contribution is -2.57. The third kappa shape index (κ3) is 5.66. The van der Waals surface area contributed by atoms with Crippen LogP contribution in [0.1, 0.15) is 6.23 Å². The van der Waals surface area contributed by atoms with Crippen molar-refractivity contribution in [2.24, 2.45) is 0 Å². The van der Waals surface area contributed by atoms with Crippen LogP contribution < -0.4 is 29.8 Å². The number of hydrogen-bond donors (Lipinski definition) is 3. The molecule has 0 radical (unpaired) electrons. The number of aromatic amines is 1. The lowest BCUT2D eigenvalue weighted by molar-refractivity contribution is -0.241. The van der Waals surface area contributed by atoms with Gasteiger partial charge < -0.3 is 34.1 Å². The molecule has 19 heteroatoms. The number of aliphatic hydroxyl groups excluding tert-OH is 1. The Morgan fingerprint density at radius 3 is 2.09 bits per heavy atom. The second kappa shape index (κ2) is 11.9. The van der Waals surface area contributed by atoms with Gasteiger partial charge in [0.15, 0.2) is 23.5 Å². The molecule has 0 spiro atoms. The lowest BCUT2D eigenvalue weighted by Gasteiger charge is -2.34. The fourth-order valence-corrected chi connectivity index (χ4v) is 6.22. The van der Waals surface area contributed by atoms with Crippen LogP contribution in [0.4, 0.5) is 23.5 Å². The van der Waals surface area contributed by atoms with Gasteiger partial charge in [-0.2, -0.15) is 13.8 Å². The Balaban J connectivity index is 1.49. The van der Waals surface area contributed by atoms with E-state index in [2.05, 4.69) is 15.0 Å². The number of aliphatic hydroxyl groups is 1. The molecule has 1 aliphatic rings. The molecule has 236 valence electrons. The number of halogens is 4. The Morgan fingerprint density at radius 1 is 1.07 bits per heavy atom. The highest BCUT2D eigenvalue weighted by Crippen LogP contribution is 2.56. The third-order valence-electron chi connectivity index (χ3n) is 6.60. The van der Waals surface area contributed by atoms with Gasteiger partial charge >= 0.3 is 12.6 Å². The number of methoxy groups -OCH3 is 2. The predicted molar refractivity (Wildman–Crippen MR) is 150 cm³/mol. The number of nitrogen functional groups attached to an aromatic ring is 1. The minimum atomic E-state index is -4.66. The molecular formula is C25H24F4N5O8PS. The minimum absolute atomic E-state index is 0.0459. The van der Waals surface area contributed by atoms with Crippen molar-refractivity contribution in [1.29, 1.82) is 0 Å². The van der Waals surface area contributed by atoms with E-state index >= 15 is 8.78 Å². The van der Waals surface area contributed by atoms with Crippen LogP contribution in [-0.2, 0) is 21.1 Å². The van der Waals surface area contributed by atoms with Crippen molar-refractivity contribution in [2.75, 3.05) is 26.6 Å². The predicted octanol–water partition coefficient (Wildman–Crippen LogP) is 3.65. The molecule has 0 bridgehead atoms. The molecule has 1 aliphatic heterocycles. The summed E-state index contributed by atoms with van der Waals surface area (Å²) in [5.41, 5.74) is 0.177. The first-order valence-corrected chi connectivity index (χ1v) is 15.0. The van der Waals surface area contributed by atoms with Gasteiger partial charge in [-0.15, -0.1) is 0 Å². The molecule has 1 fully saturated rings. The zero-order valence-corrected chi connectivity index (χ0v) is 24.4. The van der Waals surface area contributed by atoms with E-state index in [4.69, 9.17) is 45.3 Å². The highest BCUT2D eigenvalue weighted by atomic mass is 32.5. The van der Waals surface area contributed by atoms with Crippen LogP contribution in [-0.4, -0.2) is 69.5 Å². The number of H-pyrrole nitrogens is 1.